The highest BCUT2D eigenvalue weighted by molar-refractivity contribution is 5.96. The number of piperidine rings is 1. The molecule has 0 bridgehead atoms. The van der Waals surface area contributed by atoms with Crippen molar-refractivity contribution in [2.75, 3.05) is 27.3 Å². The molecule has 0 saturated carbocycles. The monoisotopic (exact) mass is 385 g/mol. The number of amides is 1. The molecule has 1 aliphatic rings. The van der Waals surface area contributed by atoms with Crippen molar-refractivity contribution < 1.29 is 24.1 Å². The fourth-order valence-corrected chi connectivity index (χ4v) is 3.43. The van der Waals surface area contributed by atoms with Crippen molar-refractivity contribution in [3.8, 4) is 17.2 Å². The Morgan fingerprint density at radius 1 is 1.07 bits per heavy atom. The van der Waals surface area contributed by atoms with Crippen molar-refractivity contribution in [2.24, 2.45) is 0 Å². The minimum atomic E-state index is -0.768. The second kappa shape index (κ2) is 8.52. The number of ether oxygens (including phenoxy) is 3. The Morgan fingerprint density at radius 3 is 2.50 bits per heavy atom. The number of carbonyl (C=O) groups is 1. The largest absolute Gasteiger partial charge is 0.493 e. The molecule has 1 heterocycles. The summed E-state index contributed by atoms with van der Waals surface area (Å²) in [7, 11) is 3.14. The zero-order valence-electron chi connectivity index (χ0n) is 16.8. The maximum Gasteiger partial charge on any atom is 0.254 e. The average Bonchev–Trinajstić information content (AvgIpc) is 2.70. The van der Waals surface area contributed by atoms with Gasteiger partial charge >= 0.3 is 0 Å². The van der Waals surface area contributed by atoms with Crippen LogP contribution in [0.2, 0.25) is 0 Å². The quantitative estimate of drug-likeness (QED) is 0.857. The van der Waals surface area contributed by atoms with E-state index < -0.39 is 6.10 Å². The molecule has 1 N–H and O–H groups in total. The van der Waals surface area contributed by atoms with E-state index in [2.05, 4.69) is 0 Å². The Morgan fingerprint density at radius 2 is 1.82 bits per heavy atom. The summed E-state index contributed by atoms with van der Waals surface area (Å²) in [6.07, 6.45) is -0.608. The van der Waals surface area contributed by atoms with E-state index in [4.69, 9.17) is 14.2 Å². The van der Waals surface area contributed by atoms with Crippen LogP contribution in [0.1, 0.15) is 27.9 Å². The van der Waals surface area contributed by atoms with Gasteiger partial charge < -0.3 is 24.2 Å². The van der Waals surface area contributed by atoms with Crippen LogP contribution in [0.25, 0.3) is 0 Å². The molecular formula is C22H27NO5. The van der Waals surface area contributed by atoms with Gasteiger partial charge in [-0.3, -0.25) is 4.79 Å². The summed E-state index contributed by atoms with van der Waals surface area (Å²) in [5, 5.41) is 10.6. The molecule has 2 aromatic carbocycles. The Balaban J connectivity index is 1.67. The SMILES string of the molecule is COc1ccc(O[C@@H]2CCN(C(=O)c3cc(C)ccc3C)C[C@H]2O)cc1OC. The van der Waals surface area contributed by atoms with Crippen molar-refractivity contribution in [2.45, 2.75) is 32.5 Å². The molecule has 1 amide bonds. The van der Waals surface area contributed by atoms with Gasteiger partial charge in [0.15, 0.2) is 11.5 Å². The number of rotatable bonds is 5. The lowest BCUT2D eigenvalue weighted by Gasteiger charge is -2.36. The first-order valence-electron chi connectivity index (χ1n) is 9.36. The number of β-amino-alcohol motifs (C(OH)–C–C–N with tert-alkyl or cyclic N) is 1. The normalized spacial score (nSPS) is 19.2. The van der Waals surface area contributed by atoms with Crippen molar-refractivity contribution in [3.05, 3.63) is 53.1 Å². The molecule has 3 rings (SSSR count). The van der Waals surface area contributed by atoms with Crippen molar-refractivity contribution in [1.82, 2.24) is 4.90 Å². The standard InChI is InChI=1S/C22H27NO5/c1-14-5-6-15(2)17(11-14)22(25)23-10-9-19(18(24)13-23)28-16-7-8-20(26-3)21(12-16)27-4/h5-8,11-12,18-19,24H,9-10,13H2,1-4H3/t18-,19-/m1/s1. The topological polar surface area (TPSA) is 68.2 Å². The van der Waals surface area contributed by atoms with Gasteiger partial charge in [-0.25, -0.2) is 0 Å². The minimum absolute atomic E-state index is 0.0511. The zero-order chi connectivity index (χ0) is 20.3. The lowest BCUT2D eigenvalue weighted by atomic mass is 10.0. The molecule has 0 aliphatic carbocycles. The predicted octanol–water partition coefficient (Wildman–Crippen LogP) is 2.98. The molecule has 6 heteroatoms. The van der Waals surface area contributed by atoms with E-state index in [1.165, 1.54) is 0 Å². The summed E-state index contributed by atoms with van der Waals surface area (Å²) in [6, 6.07) is 11.1. The number of methoxy groups -OCH3 is 2. The van der Waals surface area contributed by atoms with Gasteiger partial charge in [0.2, 0.25) is 0 Å². The second-order valence-electron chi connectivity index (χ2n) is 7.10. The van der Waals surface area contributed by atoms with Crippen LogP contribution in [0.3, 0.4) is 0 Å². The minimum Gasteiger partial charge on any atom is -0.493 e. The first kappa shape index (κ1) is 20.0. The van der Waals surface area contributed by atoms with Crippen molar-refractivity contribution in [3.63, 3.8) is 0 Å². The third-order valence-corrected chi connectivity index (χ3v) is 5.07. The lowest BCUT2D eigenvalue weighted by molar-refractivity contribution is -0.0199. The van der Waals surface area contributed by atoms with E-state index in [0.717, 1.165) is 11.1 Å². The maximum atomic E-state index is 12.9. The predicted molar refractivity (Wildman–Crippen MR) is 106 cm³/mol. The number of aryl methyl sites for hydroxylation is 2. The van der Waals surface area contributed by atoms with Crippen molar-refractivity contribution in [1.29, 1.82) is 0 Å². The highest BCUT2D eigenvalue weighted by Gasteiger charge is 2.32. The Hall–Kier alpha value is -2.73. The summed E-state index contributed by atoms with van der Waals surface area (Å²) in [5.41, 5.74) is 2.67. The molecule has 0 unspecified atom stereocenters. The van der Waals surface area contributed by atoms with Crippen LogP contribution in [-0.4, -0.2) is 55.4 Å². The molecule has 28 heavy (non-hydrogen) atoms. The number of aliphatic hydroxyl groups excluding tert-OH is 1. The molecule has 150 valence electrons. The molecule has 1 aliphatic heterocycles. The number of carbonyl (C=O) groups excluding carboxylic acids is 1. The Labute approximate surface area is 165 Å². The smallest absolute Gasteiger partial charge is 0.254 e. The number of benzene rings is 2. The van der Waals surface area contributed by atoms with E-state index in [1.807, 2.05) is 32.0 Å². The molecule has 1 fully saturated rings. The van der Waals surface area contributed by atoms with E-state index in [-0.39, 0.29) is 18.6 Å². The lowest BCUT2D eigenvalue weighted by Crippen LogP contribution is -2.51. The number of likely N-dealkylation sites (tertiary alicyclic amines) is 1. The maximum absolute atomic E-state index is 12.9. The highest BCUT2D eigenvalue weighted by atomic mass is 16.5. The Bertz CT molecular complexity index is 851. The van der Waals surface area contributed by atoms with E-state index >= 15 is 0 Å². The number of nitrogens with zero attached hydrogens (tertiary/aromatic N) is 1. The van der Waals surface area contributed by atoms with Gasteiger partial charge in [0.25, 0.3) is 5.91 Å². The van der Waals surface area contributed by atoms with Crippen LogP contribution in [0, 0.1) is 13.8 Å². The van der Waals surface area contributed by atoms with Gasteiger partial charge in [0.05, 0.1) is 20.8 Å². The van der Waals surface area contributed by atoms with Crippen LogP contribution in [0.5, 0.6) is 17.2 Å². The summed E-state index contributed by atoms with van der Waals surface area (Å²) < 4.78 is 16.5. The molecular weight excluding hydrogens is 358 g/mol. The molecule has 6 nitrogen and oxygen atoms in total. The second-order valence-corrected chi connectivity index (χ2v) is 7.10. The van der Waals surface area contributed by atoms with E-state index in [9.17, 15) is 9.90 Å². The average molecular weight is 385 g/mol. The third-order valence-electron chi connectivity index (χ3n) is 5.07. The molecule has 1 saturated heterocycles. The number of aliphatic hydroxyl groups is 1. The molecule has 0 spiro atoms. The first-order chi connectivity index (χ1) is 13.4. The third kappa shape index (κ3) is 4.22. The van der Waals surface area contributed by atoms with Gasteiger partial charge in [0, 0.05) is 24.6 Å². The summed E-state index contributed by atoms with van der Waals surface area (Å²) in [4.78, 5) is 14.6. The van der Waals surface area contributed by atoms with E-state index in [1.54, 1.807) is 37.3 Å². The van der Waals surface area contributed by atoms with Gasteiger partial charge in [-0.1, -0.05) is 17.7 Å². The summed E-state index contributed by atoms with van der Waals surface area (Å²) in [6.45, 7) is 4.66. The van der Waals surface area contributed by atoms with Crippen LogP contribution >= 0.6 is 0 Å². The van der Waals surface area contributed by atoms with Gasteiger partial charge in [-0.15, -0.1) is 0 Å². The molecule has 0 aromatic heterocycles. The zero-order valence-corrected chi connectivity index (χ0v) is 16.8. The molecule has 2 atom stereocenters. The summed E-state index contributed by atoms with van der Waals surface area (Å²) in [5.74, 6) is 1.72. The number of hydrogen-bond donors (Lipinski definition) is 1. The molecule has 0 radical (unpaired) electrons. The number of hydrogen-bond acceptors (Lipinski definition) is 5. The van der Waals surface area contributed by atoms with Crippen LogP contribution in [0.4, 0.5) is 0 Å². The van der Waals surface area contributed by atoms with Crippen LogP contribution in [-0.2, 0) is 0 Å². The van der Waals surface area contributed by atoms with Gasteiger partial charge in [-0.2, -0.15) is 0 Å². The first-order valence-corrected chi connectivity index (χ1v) is 9.36. The van der Waals surface area contributed by atoms with Crippen molar-refractivity contribution >= 4 is 5.91 Å². The van der Waals surface area contributed by atoms with Gasteiger partial charge in [-0.05, 0) is 37.6 Å². The van der Waals surface area contributed by atoms with Crippen LogP contribution in [0.15, 0.2) is 36.4 Å². The van der Waals surface area contributed by atoms with Crippen LogP contribution < -0.4 is 14.2 Å². The fourth-order valence-electron chi connectivity index (χ4n) is 3.43. The molecule has 2 aromatic rings. The highest BCUT2D eigenvalue weighted by Crippen LogP contribution is 2.32. The summed E-state index contributed by atoms with van der Waals surface area (Å²) >= 11 is 0. The van der Waals surface area contributed by atoms with E-state index in [0.29, 0.717) is 35.8 Å². The fraction of sp³-hybridized carbons (Fsp3) is 0.409. The van der Waals surface area contributed by atoms with Gasteiger partial charge in [0.1, 0.15) is 18.0 Å². The Kier molecular flexibility index (Phi) is 6.09.